The molecule has 0 spiro atoms. The van der Waals surface area contributed by atoms with Gasteiger partial charge in [-0.05, 0) is 49.8 Å². The van der Waals surface area contributed by atoms with Crippen molar-refractivity contribution >= 4 is 51.8 Å². The van der Waals surface area contributed by atoms with Crippen molar-refractivity contribution in [2.24, 2.45) is 11.8 Å². The van der Waals surface area contributed by atoms with E-state index in [2.05, 4.69) is 27.0 Å². The molecule has 1 aromatic carbocycles. The Morgan fingerprint density at radius 2 is 1.94 bits per heavy atom. The maximum Gasteiger partial charge on any atom is 0.268 e. The average Bonchev–Trinajstić information content (AvgIpc) is 3.49. The van der Waals surface area contributed by atoms with Gasteiger partial charge in [0.2, 0.25) is 11.8 Å². The van der Waals surface area contributed by atoms with E-state index in [1.54, 1.807) is 18.2 Å². The molecule has 3 amide bonds. The van der Waals surface area contributed by atoms with E-state index in [1.807, 2.05) is 0 Å². The Morgan fingerprint density at radius 1 is 1.15 bits per heavy atom. The Bertz CT molecular complexity index is 1120. The molecule has 4 rings (SSSR count). The first-order valence-electron chi connectivity index (χ1n) is 11.1. The predicted molar refractivity (Wildman–Crippen MR) is 125 cm³/mol. The van der Waals surface area contributed by atoms with Crippen LogP contribution in [-0.4, -0.2) is 41.3 Å². The van der Waals surface area contributed by atoms with Gasteiger partial charge in [-0.25, -0.2) is 0 Å². The first kappa shape index (κ1) is 23.4. The lowest BCUT2D eigenvalue weighted by molar-refractivity contribution is -0.128. The summed E-state index contributed by atoms with van der Waals surface area (Å²) in [5.41, 5.74) is 0.884. The fourth-order valence-corrected chi connectivity index (χ4v) is 4.75. The van der Waals surface area contributed by atoms with Crippen molar-refractivity contribution in [1.29, 1.82) is 5.26 Å². The van der Waals surface area contributed by atoms with E-state index in [4.69, 9.17) is 23.2 Å². The van der Waals surface area contributed by atoms with Gasteiger partial charge in [0.15, 0.2) is 0 Å². The quantitative estimate of drug-likeness (QED) is 0.453. The van der Waals surface area contributed by atoms with E-state index in [9.17, 15) is 19.6 Å². The molecule has 2 heterocycles. The smallest absolute Gasteiger partial charge is 0.268 e. The number of aromatic nitrogens is 1. The third-order valence-electron chi connectivity index (χ3n) is 6.18. The average molecular weight is 490 g/mol. The fraction of sp³-hybridized carbons (Fsp3) is 0.478. The van der Waals surface area contributed by atoms with Gasteiger partial charge in [0.25, 0.3) is 5.91 Å². The highest BCUT2D eigenvalue weighted by molar-refractivity contribution is 6.38. The first-order chi connectivity index (χ1) is 15.8. The van der Waals surface area contributed by atoms with Gasteiger partial charge in [0, 0.05) is 28.4 Å². The predicted octanol–water partition coefficient (Wildman–Crippen LogP) is 3.30. The number of nitriles is 1. The Kier molecular flexibility index (Phi) is 7.11. The number of piperidine rings is 1. The van der Waals surface area contributed by atoms with Crippen LogP contribution >= 0.6 is 23.2 Å². The molecule has 4 N–H and O–H groups in total. The van der Waals surface area contributed by atoms with Gasteiger partial charge in [0.1, 0.15) is 17.8 Å². The fourth-order valence-electron chi connectivity index (χ4n) is 4.20. The van der Waals surface area contributed by atoms with Gasteiger partial charge in [-0.15, -0.1) is 0 Å². The maximum absolute atomic E-state index is 13.0. The SMILES string of the molecule is N#C[C@H](C[C@@H]1CCCNC1=O)NC(=O)[C@H](CC1CC1)NC(=O)c1cc2c(Cl)cc(Cl)cc2[nH]1. The Morgan fingerprint density at radius 3 is 2.64 bits per heavy atom. The molecule has 8 nitrogen and oxygen atoms in total. The number of H-pyrrole nitrogens is 1. The van der Waals surface area contributed by atoms with Gasteiger partial charge in [-0.3, -0.25) is 14.4 Å². The molecule has 1 saturated carbocycles. The van der Waals surface area contributed by atoms with Crippen LogP contribution in [0.4, 0.5) is 0 Å². The third kappa shape index (κ3) is 5.79. The molecule has 10 heteroatoms. The van der Waals surface area contributed by atoms with Crippen LogP contribution in [0.3, 0.4) is 0 Å². The number of fused-ring (bicyclic) bond motifs is 1. The summed E-state index contributed by atoms with van der Waals surface area (Å²) in [7, 11) is 0. The Labute approximate surface area is 201 Å². The molecule has 1 saturated heterocycles. The Balaban J connectivity index is 1.44. The van der Waals surface area contributed by atoms with E-state index >= 15 is 0 Å². The van der Waals surface area contributed by atoms with Crippen molar-refractivity contribution < 1.29 is 14.4 Å². The topological polar surface area (TPSA) is 127 Å². The summed E-state index contributed by atoms with van der Waals surface area (Å²) < 4.78 is 0. The van der Waals surface area contributed by atoms with Crippen molar-refractivity contribution in [2.75, 3.05) is 6.54 Å². The second kappa shape index (κ2) is 10.0. The number of carbonyl (C=O) groups excluding carboxylic acids is 3. The summed E-state index contributed by atoms with van der Waals surface area (Å²) >= 11 is 12.3. The summed E-state index contributed by atoms with van der Waals surface area (Å²) in [6, 6.07) is 5.38. The van der Waals surface area contributed by atoms with E-state index in [-0.39, 0.29) is 23.9 Å². The van der Waals surface area contributed by atoms with Crippen LogP contribution < -0.4 is 16.0 Å². The standard InChI is InChI=1S/C23H25Cl2N5O3/c24-14-8-17(25)16-10-20(29-18(16)9-14)23(33)30-19(6-12-3-4-12)22(32)28-15(11-26)7-13-2-1-5-27-21(13)31/h8-10,12-13,15,19,29H,1-7H2,(H,27,31)(H,28,32)(H,30,33)/t13-,15-,19-/m0/s1. The number of nitrogens with one attached hydrogen (secondary N) is 4. The largest absolute Gasteiger partial charge is 0.356 e. The normalized spacial score (nSPS) is 19.9. The van der Waals surface area contributed by atoms with Crippen molar-refractivity contribution in [3.63, 3.8) is 0 Å². The lowest BCUT2D eigenvalue weighted by Gasteiger charge is -2.25. The monoisotopic (exact) mass is 489 g/mol. The number of benzene rings is 1. The van der Waals surface area contributed by atoms with E-state index in [0.29, 0.717) is 46.3 Å². The Hall–Kier alpha value is -2.76. The lowest BCUT2D eigenvalue weighted by Crippen LogP contribution is -2.50. The highest BCUT2D eigenvalue weighted by Crippen LogP contribution is 2.34. The van der Waals surface area contributed by atoms with E-state index < -0.39 is 23.9 Å². The van der Waals surface area contributed by atoms with Gasteiger partial charge < -0.3 is 20.9 Å². The molecule has 3 atom stereocenters. The number of hydrogen-bond acceptors (Lipinski definition) is 4. The number of carbonyl (C=O) groups is 3. The molecule has 33 heavy (non-hydrogen) atoms. The number of amides is 3. The minimum absolute atomic E-state index is 0.0869. The summed E-state index contributed by atoms with van der Waals surface area (Å²) in [5, 5.41) is 19.4. The minimum Gasteiger partial charge on any atom is -0.356 e. The number of nitrogens with zero attached hydrogens (tertiary/aromatic N) is 1. The molecule has 2 fully saturated rings. The zero-order valence-corrected chi connectivity index (χ0v) is 19.4. The van der Waals surface area contributed by atoms with Crippen LogP contribution in [0, 0.1) is 23.2 Å². The first-order valence-corrected chi connectivity index (χ1v) is 11.9. The van der Waals surface area contributed by atoms with Gasteiger partial charge in [-0.2, -0.15) is 5.26 Å². The summed E-state index contributed by atoms with van der Waals surface area (Å²) in [5.74, 6) is -0.893. The van der Waals surface area contributed by atoms with Crippen LogP contribution in [0.25, 0.3) is 10.9 Å². The summed E-state index contributed by atoms with van der Waals surface area (Å²) in [6.45, 7) is 0.638. The van der Waals surface area contributed by atoms with Crippen molar-refractivity contribution in [2.45, 2.75) is 50.6 Å². The van der Waals surface area contributed by atoms with E-state index in [1.165, 1.54) is 0 Å². The third-order valence-corrected chi connectivity index (χ3v) is 6.71. The number of aromatic amines is 1. The van der Waals surface area contributed by atoms with Crippen molar-refractivity contribution in [1.82, 2.24) is 20.9 Å². The molecule has 2 aromatic rings. The molecule has 174 valence electrons. The molecule has 1 aromatic heterocycles. The molecule has 1 aliphatic heterocycles. The minimum atomic E-state index is -0.807. The van der Waals surface area contributed by atoms with Crippen LogP contribution in [0.15, 0.2) is 18.2 Å². The highest BCUT2D eigenvalue weighted by Gasteiger charge is 2.33. The zero-order valence-electron chi connectivity index (χ0n) is 17.9. The maximum atomic E-state index is 13.0. The zero-order chi connectivity index (χ0) is 23.5. The molecular weight excluding hydrogens is 465 g/mol. The molecule has 1 aliphatic carbocycles. The summed E-state index contributed by atoms with van der Waals surface area (Å²) in [4.78, 5) is 41.0. The van der Waals surface area contributed by atoms with Crippen molar-refractivity contribution in [3.05, 3.63) is 33.9 Å². The summed E-state index contributed by atoms with van der Waals surface area (Å²) in [6.07, 6.45) is 4.29. The molecule has 0 unspecified atom stereocenters. The van der Waals surface area contributed by atoms with Gasteiger partial charge in [0.05, 0.1) is 11.1 Å². The molecule has 0 bridgehead atoms. The second-order valence-corrected chi connectivity index (χ2v) is 9.64. The molecule has 2 aliphatic rings. The van der Waals surface area contributed by atoms with Crippen LogP contribution in [0.2, 0.25) is 10.0 Å². The van der Waals surface area contributed by atoms with Crippen LogP contribution in [0.1, 0.15) is 49.0 Å². The van der Waals surface area contributed by atoms with E-state index in [0.717, 1.165) is 19.3 Å². The second-order valence-electron chi connectivity index (χ2n) is 8.79. The van der Waals surface area contributed by atoms with Gasteiger partial charge in [-0.1, -0.05) is 36.0 Å². The van der Waals surface area contributed by atoms with Crippen LogP contribution in [0.5, 0.6) is 0 Å². The molecular formula is C23H25Cl2N5O3. The highest BCUT2D eigenvalue weighted by atomic mass is 35.5. The van der Waals surface area contributed by atoms with Crippen LogP contribution in [-0.2, 0) is 9.59 Å². The van der Waals surface area contributed by atoms with Crippen molar-refractivity contribution in [3.8, 4) is 6.07 Å². The number of hydrogen-bond donors (Lipinski definition) is 4. The number of halogens is 2. The molecule has 0 radical (unpaired) electrons. The van der Waals surface area contributed by atoms with Gasteiger partial charge >= 0.3 is 0 Å². The lowest BCUT2D eigenvalue weighted by atomic mass is 9.92. The number of rotatable bonds is 8.